The molecular formula is C14H16O2. The molecule has 1 heterocycles. The molecule has 1 aromatic rings. The minimum Gasteiger partial charge on any atom is -0.495 e. The lowest BCUT2D eigenvalue weighted by Crippen LogP contribution is -2.26. The average Bonchev–Trinajstić information content (AvgIpc) is 3.11. The van der Waals surface area contributed by atoms with Gasteiger partial charge in [0.15, 0.2) is 0 Å². The van der Waals surface area contributed by atoms with Gasteiger partial charge in [0.25, 0.3) is 0 Å². The molecule has 0 bridgehead atoms. The number of hydrogen-bond acceptors (Lipinski definition) is 2. The van der Waals surface area contributed by atoms with E-state index in [0.717, 1.165) is 22.8 Å². The average molecular weight is 216 g/mol. The first-order valence-electron chi connectivity index (χ1n) is 5.44. The van der Waals surface area contributed by atoms with Crippen LogP contribution in [0.15, 0.2) is 36.9 Å². The lowest BCUT2D eigenvalue weighted by atomic mass is 10.2. The summed E-state index contributed by atoms with van der Waals surface area (Å²) in [4.78, 5) is 0. The van der Waals surface area contributed by atoms with Crippen molar-refractivity contribution in [2.75, 3.05) is 13.2 Å². The summed E-state index contributed by atoms with van der Waals surface area (Å²) in [7, 11) is 0. The summed E-state index contributed by atoms with van der Waals surface area (Å²) in [5.74, 6) is 0.934. The summed E-state index contributed by atoms with van der Waals surface area (Å²) < 4.78 is 10.8. The number of ether oxygens (including phenoxy) is 2. The highest BCUT2D eigenvalue weighted by Gasteiger charge is 2.22. The van der Waals surface area contributed by atoms with Crippen molar-refractivity contribution in [3.63, 3.8) is 0 Å². The summed E-state index contributed by atoms with van der Waals surface area (Å²) in [6.07, 6.45) is 4.07. The van der Waals surface area contributed by atoms with Crippen molar-refractivity contribution in [1.29, 1.82) is 0 Å². The molecule has 1 fully saturated rings. The van der Waals surface area contributed by atoms with Crippen molar-refractivity contribution in [1.82, 2.24) is 0 Å². The van der Waals surface area contributed by atoms with E-state index in [0.29, 0.717) is 12.7 Å². The lowest BCUT2D eigenvalue weighted by Gasteiger charge is -2.04. The lowest BCUT2D eigenvalue weighted by molar-refractivity contribution is 0.228. The summed E-state index contributed by atoms with van der Waals surface area (Å²) in [6.45, 7) is 7.17. The van der Waals surface area contributed by atoms with Crippen LogP contribution < -0.4 is 10.4 Å². The molecule has 0 spiro atoms. The first kappa shape index (κ1) is 11.0. The molecule has 1 atom stereocenters. The molecule has 84 valence electrons. The van der Waals surface area contributed by atoms with Gasteiger partial charge in [-0.1, -0.05) is 43.0 Å². The minimum atomic E-state index is 0.297. The maximum atomic E-state index is 5.68. The van der Waals surface area contributed by atoms with Crippen LogP contribution in [0.2, 0.25) is 0 Å². The van der Waals surface area contributed by atoms with Gasteiger partial charge in [-0.25, -0.2) is 0 Å². The number of hydrogen-bond donors (Lipinski definition) is 0. The Labute approximate surface area is 95.5 Å². The van der Waals surface area contributed by atoms with Crippen LogP contribution in [-0.4, -0.2) is 19.3 Å². The van der Waals surface area contributed by atoms with Crippen molar-refractivity contribution in [2.45, 2.75) is 13.0 Å². The Hall–Kier alpha value is -1.54. The van der Waals surface area contributed by atoms with E-state index in [1.165, 1.54) is 0 Å². The highest BCUT2D eigenvalue weighted by Crippen LogP contribution is 2.10. The van der Waals surface area contributed by atoms with Gasteiger partial charge in [0.2, 0.25) is 0 Å². The third kappa shape index (κ3) is 2.74. The van der Waals surface area contributed by atoms with Gasteiger partial charge in [-0.3, -0.25) is 0 Å². The SMILES string of the molecule is C=C/C=c1/cccc/c1=C(/C)OCC1CO1. The van der Waals surface area contributed by atoms with Crippen molar-refractivity contribution in [3.8, 4) is 0 Å². The van der Waals surface area contributed by atoms with E-state index in [4.69, 9.17) is 9.47 Å². The molecule has 16 heavy (non-hydrogen) atoms. The second-order valence-corrected chi connectivity index (χ2v) is 3.81. The van der Waals surface area contributed by atoms with Crippen LogP contribution in [-0.2, 0) is 9.47 Å². The first-order chi connectivity index (χ1) is 7.81. The zero-order valence-electron chi connectivity index (χ0n) is 9.48. The number of benzene rings is 1. The van der Waals surface area contributed by atoms with E-state index >= 15 is 0 Å². The van der Waals surface area contributed by atoms with Crippen molar-refractivity contribution in [3.05, 3.63) is 47.4 Å². The van der Waals surface area contributed by atoms with E-state index in [1.54, 1.807) is 6.08 Å². The molecule has 1 aliphatic rings. The molecule has 0 N–H and O–H groups in total. The van der Waals surface area contributed by atoms with E-state index in [-0.39, 0.29) is 0 Å². The second kappa shape index (κ2) is 4.99. The van der Waals surface area contributed by atoms with Gasteiger partial charge in [0.05, 0.1) is 6.61 Å². The maximum absolute atomic E-state index is 5.68. The number of rotatable bonds is 4. The highest BCUT2D eigenvalue weighted by molar-refractivity contribution is 5.41. The predicted octanol–water partition coefficient (Wildman–Crippen LogP) is 1.20. The van der Waals surface area contributed by atoms with Crippen LogP contribution in [0, 0.1) is 0 Å². The fourth-order valence-electron chi connectivity index (χ4n) is 1.55. The van der Waals surface area contributed by atoms with Crippen LogP contribution in [0.5, 0.6) is 0 Å². The van der Waals surface area contributed by atoms with Crippen molar-refractivity contribution in [2.24, 2.45) is 0 Å². The topological polar surface area (TPSA) is 21.8 Å². The van der Waals surface area contributed by atoms with E-state index in [1.807, 2.05) is 25.1 Å². The minimum absolute atomic E-state index is 0.297. The Bertz CT molecular complexity index is 484. The van der Waals surface area contributed by atoms with Gasteiger partial charge < -0.3 is 9.47 Å². The molecule has 0 saturated carbocycles. The fraction of sp³-hybridized carbons (Fsp3) is 0.286. The van der Waals surface area contributed by atoms with E-state index < -0.39 is 0 Å². The molecule has 2 heteroatoms. The van der Waals surface area contributed by atoms with E-state index in [2.05, 4.69) is 18.7 Å². The Morgan fingerprint density at radius 2 is 2.31 bits per heavy atom. The normalized spacial score (nSPS) is 21.6. The molecule has 2 rings (SSSR count). The molecule has 0 radical (unpaired) electrons. The third-order valence-electron chi connectivity index (χ3n) is 2.53. The van der Waals surface area contributed by atoms with Crippen LogP contribution in [0.25, 0.3) is 11.8 Å². The smallest absolute Gasteiger partial charge is 0.116 e. The van der Waals surface area contributed by atoms with Gasteiger partial charge >= 0.3 is 0 Å². The maximum Gasteiger partial charge on any atom is 0.116 e. The molecule has 1 saturated heterocycles. The van der Waals surface area contributed by atoms with Gasteiger partial charge in [0, 0.05) is 5.22 Å². The molecule has 1 aliphatic heterocycles. The van der Waals surface area contributed by atoms with Crippen LogP contribution in [0.4, 0.5) is 0 Å². The molecule has 0 aromatic heterocycles. The zero-order valence-corrected chi connectivity index (χ0v) is 9.48. The number of epoxide rings is 1. The predicted molar refractivity (Wildman–Crippen MR) is 65.1 cm³/mol. The molecule has 1 unspecified atom stereocenters. The molecule has 1 aromatic carbocycles. The Kier molecular flexibility index (Phi) is 3.42. The van der Waals surface area contributed by atoms with E-state index in [9.17, 15) is 0 Å². The standard InChI is InChI=1S/C14H16O2/c1-3-6-12-7-4-5-8-14(12)11(2)15-9-13-10-16-13/h3-8,13H,1,9-10H2,2H3/b12-6-,14-11+. The largest absolute Gasteiger partial charge is 0.495 e. The van der Waals surface area contributed by atoms with Crippen molar-refractivity contribution >= 4 is 11.8 Å². The van der Waals surface area contributed by atoms with Crippen LogP contribution in [0.1, 0.15) is 6.92 Å². The van der Waals surface area contributed by atoms with Gasteiger partial charge in [-0.05, 0) is 12.1 Å². The molecule has 0 amide bonds. The molecule has 0 aliphatic carbocycles. The second-order valence-electron chi connectivity index (χ2n) is 3.81. The first-order valence-corrected chi connectivity index (χ1v) is 5.44. The monoisotopic (exact) mass is 216 g/mol. The summed E-state index contributed by atoms with van der Waals surface area (Å²) >= 11 is 0. The summed E-state index contributed by atoms with van der Waals surface area (Å²) in [5.41, 5.74) is 0. The highest BCUT2D eigenvalue weighted by atomic mass is 16.6. The Morgan fingerprint density at radius 3 is 3.00 bits per heavy atom. The van der Waals surface area contributed by atoms with Crippen LogP contribution in [0.3, 0.4) is 0 Å². The summed E-state index contributed by atoms with van der Waals surface area (Å²) in [6, 6.07) is 8.13. The third-order valence-corrected chi connectivity index (χ3v) is 2.53. The van der Waals surface area contributed by atoms with Gasteiger partial charge in [0.1, 0.15) is 18.5 Å². The van der Waals surface area contributed by atoms with Gasteiger partial charge in [-0.2, -0.15) is 0 Å². The van der Waals surface area contributed by atoms with Gasteiger partial charge in [-0.15, -0.1) is 0 Å². The quantitative estimate of drug-likeness (QED) is 0.705. The molecular weight excluding hydrogens is 200 g/mol. The summed E-state index contributed by atoms with van der Waals surface area (Å²) in [5, 5.41) is 2.25. The number of allylic oxidation sites excluding steroid dienone is 1. The zero-order chi connectivity index (χ0) is 11.4. The van der Waals surface area contributed by atoms with Crippen LogP contribution >= 0.6 is 0 Å². The Balaban J connectivity index is 2.31. The fourth-order valence-corrected chi connectivity index (χ4v) is 1.55. The molecule has 2 nitrogen and oxygen atoms in total. The van der Waals surface area contributed by atoms with Crippen molar-refractivity contribution < 1.29 is 9.47 Å². The Morgan fingerprint density at radius 1 is 1.56 bits per heavy atom.